The Kier molecular flexibility index (Phi) is 9.80. The summed E-state index contributed by atoms with van der Waals surface area (Å²) in [5.74, 6) is -0.405. The van der Waals surface area contributed by atoms with Gasteiger partial charge in [0.1, 0.15) is 11.7 Å². The zero-order chi connectivity index (χ0) is 32.5. The predicted octanol–water partition coefficient (Wildman–Crippen LogP) is 4.39. The first-order chi connectivity index (χ1) is 21.3. The molecule has 2 heterocycles. The number of benzene rings is 1. The summed E-state index contributed by atoms with van der Waals surface area (Å²) in [7, 11) is -0.602. The van der Waals surface area contributed by atoms with Crippen LogP contribution < -0.4 is 16.0 Å². The lowest BCUT2D eigenvalue weighted by molar-refractivity contribution is -0.199. The van der Waals surface area contributed by atoms with Crippen LogP contribution in [0.4, 0.5) is 0 Å². The van der Waals surface area contributed by atoms with E-state index in [-0.39, 0.29) is 29.7 Å². The van der Waals surface area contributed by atoms with Crippen LogP contribution in [0.15, 0.2) is 30.3 Å². The van der Waals surface area contributed by atoms with Crippen LogP contribution in [0.1, 0.15) is 106 Å². The van der Waals surface area contributed by atoms with Crippen molar-refractivity contribution in [2.45, 2.75) is 111 Å². The molecule has 0 spiro atoms. The molecule has 10 nitrogen and oxygen atoms in total. The van der Waals surface area contributed by atoms with Crippen LogP contribution in [0, 0.1) is 30.1 Å². The lowest BCUT2D eigenvalue weighted by atomic mass is 9.43. The fourth-order valence-corrected chi connectivity index (χ4v) is 7.57. The van der Waals surface area contributed by atoms with E-state index in [9.17, 15) is 14.4 Å². The summed E-state index contributed by atoms with van der Waals surface area (Å²) >= 11 is 0. The zero-order valence-corrected chi connectivity index (χ0v) is 27.9. The summed E-state index contributed by atoms with van der Waals surface area (Å²) < 4.78 is 13.3. The molecular weight excluding hydrogens is 569 g/mol. The topological polar surface area (TPSA) is 134 Å². The van der Waals surface area contributed by atoms with Crippen LogP contribution in [0.25, 0.3) is 0 Å². The summed E-state index contributed by atoms with van der Waals surface area (Å²) in [5, 5.41) is 15.6. The fourth-order valence-electron chi connectivity index (χ4n) is 7.57. The number of rotatable bonds is 13. The monoisotopic (exact) mass is 619 g/mol. The van der Waals surface area contributed by atoms with E-state index in [1.807, 2.05) is 12.1 Å². The molecule has 2 bridgehead atoms. The molecule has 2 aromatic rings. The Labute approximate surface area is 267 Å². The van der Waals surface area contributed by atoms with Crippen molar-refractivity contribution < 1.29 is 23.7 Å². The van der Waals surface area contributed by atoms with Crippen molar-refractivity contribution in [3.05, 3.63) is 52.8 Å². The molecule has 1 aromatic heterocycles. The van der Waals surface area contributed by atoms with Crippen LogP contribution >= 0.6 is 0 Å². The molecule has 4 fully saturated rings. The predicted molar refractivity (Wildman–Crippen MR) is 173 cm³/mol. The maximum Gasteiger partial charge on any atom is 0.481 e. The number of aromatic amines is 1. The number of H-pyrrole nitrogens is 1. The van der Waals surface area contributed by atoms with E-state index in [0.717, 1.165) is 43.4 Å². The minimum Gasteiger partial charge on any atom is -0.404 e. The third-order valence-corrected chi connectivity index (χ3v) is 10.4. The molecule has 1 aromatic carbocycles. The summed E-state index contributed by atoms with van der Waals surface area (Å²) in [5.41, 5.74) is 2.36. The number of nitrogens with one attached hydrogen (secondary N) is 4. The first-order valence-electron chi connectivity index (χ1n) is 16.7. The highest BCUT2D eigenvalue weighted by Gasteiger charge is 2.68. The minimum atomic E-state index is -1.04. The standard InChI is InChI=1S/C34H50BN5O5/c1-8-9-10-22-11-13-23(14-12-22)30(41)37-26(19-36-31(42)25-16-21(4)39-40-25)32(43)38-29(15-20(2)3)35-44-28-18-24-17-27(33(24,5)6)34(28,7)45-35/h11-14,16,20,24,26-29H,8-10,15,17-19H2,1-7H3,(H,36,42)(H,37,41)(H,38,43)(H,39,40)/t24-,26-,27+,28+,29-,34-/m0/s1. The van der Waals surface area contributed by atoms with Gasteiger partial charge in [-0.25, -0.2) is 0 Å². The Bertz CT molecular complexity index is 1380. The molecule has 11 heteroatoms. The Hall–Kier alpha value is -3.18. The third-order valence-electron chi connectivity index (χ3n) is 10.4. The number of aryl methyl sites for hydroxylation is 2. The number of aromatic nitrogens is 2. The molecule has 4 aliphatic rings. The largest absolute Gasteiger partial charge is 0.481 e. The summed E-state index contributed by atoms with van der Waals surface area (Å²) in [6.45, 7) is 14.8. The number of hydrogen-bond donors (Lipinski definition) is 4. The lowest BCUT2D eigenvalue weighted by Crippen LogP contribution is -2.65. The molecule has 45 heavy (non-hydrogen) atoms. The van der Waals surface area contributed by atoms with Crippen molar-refractivity contribution in [2.24, 2.45) is 23.2 Å². The van der Waals surface area contributed by atoms with Gasteiger partial charge in [0.15, 0.2) is 0 Å². The molecule has 3 aliphatic carbocycles. The van der Waals surface area contributed by atoms with Gasteiger partial charge in [-0.05, 0) is 92.9 Å². The first-order valence-corrected chi connectivity index (χ1v) is 16.7. The van der Waals surface area contributed by atoms with E-state index in [1.165, 1.54) is 0 Å². The molecule has 1 aliphatic heterocycles. The third kappa shape index (κ3) is 6.99. The number of hydrogen-bond acceptors (Lipinski definition) is 6. The number of amides is 3. The molecule has 4 N–H and O–H groups in total. The van der Waals surface area contributed by atoms with E-state index < -0.39 is 42.4 Å². The van der Waals surface area contributed by atoms with Gasteiger partial charge in [0.2, 0.25) is 5.91 Å². The van der Waals surface area contributed by atoms with Gasteiger partial charge in [0, 0.05) is 17.8 Å². The average molecular weight is 620 g/mol. The van der Waals surface area contributed by atoms with Crippen molar-refractivity contribution >= 4 is 24.8 Å². The van der Waals surface area contributed by atoms with Gasteiger partial charge < -0.3 is 25.3 Å². The van der Waals surface area contributed by atoms with Crippen molar-refractivity contribution in [3.63, 3.8) is 0 Å². The van der Waals surface area contributed by atoms with Gasteiger partial charge in [-0.15, -0.1) is 0 Å². The Morgan fingerprint density at radius 3 is 2.44 bits per heavy atom. The summed E-state index contributed by atoms with van der Waals surface area (Å²) in [6, 6.07) is 8.03. The van der Waals surface area contributed by atoms with Crippen LogP contribution in [-0.4, -0.2) is 65.3 Å². The van der Waals surface area contributed by atoms with Gasteiger partial charge >= 0.3 is 7.12 Å². The highest BCUT2D eigenvalue weighted by Crippen LogP contribution is 2.65. The quantitative estimate of drug-likeness (QED) is 0.246. The molecule has 3 amide bonds. The van der Waals surface area contributed by atoms with Crippen LogP contribution in [-0.2, 0) is 20.5 Å². The van der Waals surface area contributed by atoms with Gasteiger partial charge in [-0.1, -0.05) is 53.2 Å². The van der Waals surface area contributed by atoms with Gasteiger partial charge in [-0.3, -0.25) is 19.5 Å². The van der Waals surface area contributed by atoms with Crippen molar-refractivity contribution in [3.8, 4) is 0 Å². The van der Waals surface area contributed by atoms with Crippen LogP contribution in [0.5, 0.6) is 0 Å². The maximum absolute atomic E-state index is 13.9. The zero-order valence-electron chi connectivity index (χ0n) is 27.9. The molecule has 6 rings (SSSR count). The molecule has 6 atom stereocenters. The Morgan fingerprint density at radius 1 is 1.09 bits per heavy atom. The Morgan fingerprint density at radius 2 is 1.82 bits per heavy atom. The molecule has 3 saturated carbocycles. The average Bonchev–Trinajstić information content (AvgIpc) is 3.60. The minimum absolute atomic E-state index is 0.0155. The van der Waals surface area contributed by atoms with Gasteiger partial charge in [-0.2, -0.15) is 5.10 Å². The van der Waals surface area contributed by atoms with Crippen molar-refractivity contribution in [1.82, 2.24) is 26.1 Å². The van der Waals surface area contributed by atoms with E-state index in [4.69, 9.17) is 9.31 Å². The molecule has 1 saturated heterocycles. The molecule has 0 unspecified atom stereocenters. The molecule has 244 valence electrons. The van der Waals surface area contributed by atoms with Crippen LogP contribution in [0.2, 0.25) is 0 Å². The summed E-state index contributed by atoms with van der Waals surface area (Å²) in [4.78, 5) is 40.1. The first kappa shape index (κ1) is 33.2. The van der Waals surface area contributed by atoms with Crippen molar-refractivity contribution in [2.75, 3.05) is 6.54 Å². The van der Waals surface area contributed by atoms with E-state index >= 15 is 0 Å². The number of carbonyl (C=O) groups is 3. The number of carbonyl (C=O) groups excluding carboxylic acids is 3. The van der Waals surface area contributed by atoms with Gasteiger partial charge in [0.05, 0.1) is 17.6 Å². The summed E-state index contributed by atoms with van der Waals surface area (Å²) in [6.07, 6.45) is 5.83. The smallest absolute Gasteiger partial charge is 0.404 e. The van der Waals surface area contributed by atoms with Gasteiger partial charge in [0.25, 0.3) is 11.8 Å². The maximum atomic E-state index is 13.9. The number of unbranched alkanes of at least 4 members (excludes halogenated alkanes) is 1. The van der Waals surface area contributed by atoms with E-state index in [0.29, 0.717) is 23.8 Å². The van der Waals surface area contributed by atoms with E-state index in [2.05, 4.69) is 67.7 Å². The molecule has 0 radical (unpaired) electrons. The SMILES string of the molecule is CCCCc1ccc(C(=O)N[C@@H](CNC(=O)c2cc(C)[nH]n2)C(=O)N[C@@H](CC(C)C)B2O[C@@H]3C[C@@H]4C[C@H](C4(C)C)[C@]3(C)O2)cc1. The van der Waals surface area contributed by atoms with E-state index in [1.54, 1.807) is 25.1 Å². The lowest BCUT2D eigenvalue weighted by Gasteiger charge is -2.64. The van der Waals surface area contributed by atoms with Crippen LogP contribution in [0.3, 0.4) is 0 Å². The highest BCUT2D eigenvalue weighted by molar-refractivity contribution is 6.48. The second kappa shape index (κ2) is 13.3. The Balaban J connectivity index is 1.31. The van der Waals surface area contributed by atoms with Crippen molar-refractivity contribution in [1.29, 1.82) is 0 Å². The fraction of sp³-hybridized carbons (Fsp3) is 0.647. The second-order valence-corrected chi connectivity index (χ2v) is 14.6. The second-order valence-electron chi connectivity index (χ2n) is 14.6. The normalized spacial score (nSPS) is 26.0. The highest BCUT2D eigenvalue weighted by atomic mass is 16.7. The number of nitrogens with zero attached hydrogens (tertiary/aromatic N) is 1. The molecular formula is C34H50BN5O5.